The second kappa shape index (κ2) is 5.94. The first-order valence-electron chi connectivity index (χ1n) is 6.71. The largest absolute Gasteiger partial charge is 0.469 e. The monoisotopic (exact) mass is 276 g/mol. The zero-order chi connectivity index (χ0) is 14.7. The van der Waals surface area contributed by atoms with Gasteiger partial charge in [-0.05, 0) is 23.6 Å². The molecule has 2 N–H and O–H groups in total. The number of methoxy groups -OCH3 is 1. The van der Waals surface area contributed by atoms with Gasteiger partial charge in [0.1, 0.15) is 0 Å². The molecule has 1 aromatic carbocycles. The number of nitrogen functional groups attached to an aromatic ring is 1. The lowest BCUT2D eigenvalue weighted by Crippen LogP contribution is -2.31. The van der Waals surface area contributed by atoms with E-state index in [-0.39, 0.29) is 23.7 Å². The van der Waals surface area contributed by atoms with Crippen LogP contribution in [0, 0.1) is 11.8 Å². The number of carbonyl (C=O) groups is 2. The van der Waals surface area contributed by atoms with Crippen LogP contribution < -0.4 is 5.73 Å². The minimum Gasteiger partial charge on any atom is -0.469 e. The van der Waals surface area contributed by atoms with Crippen molar-refractivity contribution in [2.24, 2.45) is 11.8 Å². The van der Waals surface area contributed by atoms with Crippen LogP contribution in [0.1, 0.15) is 12.5 Å². The first kappa shape index (κ1) is 14.4. The average Bonchev–Trinajstić information content (AvgIpc) is 2.80. The SMILES string of the molecule is COC(=O)C1CN(C(=O)Cc2cccc(N)c2)CC1C. The molecule has 2 rings (SSSR count). The molecule has 1 aliphatic rings. The van der Waals surface area contributed by atoms with Crippen molar-refractivity contribution in [2.45, 2.75) is 13.3 Å². The normalized spacial score (nSPS) is 21.8. The van der Waals surface area contributed by atoms with Crippen molar-refractivity contribution in [3.05, 3.63) is 29.8 Å². The van der Waals surface area contributed by atoms with Crippen LogP contribution in [0.4, 0.5) is 5.69 Å². The third-order valence-electron chi connectivity index (χ3n) is 3.78. The van der Waals surface area contributed by atoms with E-state index < -0.39 is 0 Å². The number of anilines is 1. The first-order valence-corrected chi connectivity index (χ1v) is 6.71. The van der Waals surface area contributed by atoms with Crippen LogP contribution in [0.3, 0.4) is 0 Å². The van der Waals surface area contributed by atoms with Crippen LogP contribution >= 0.6 is 0 Å². The quantitative estimate of drug-likeness (QED) is 0.662. The number of rotatable bonds is 3. The standard InChI is InChI=1S/C15H20N2O3/c1-10-8-17(9-13(10)15(19)20-2)14(18)7-11-4-3-5-12(16)6-11/h3-6,10,13H,7-9,16H2,1-2H3. The van der Waals surface area contributed by atoms with Gasteiger partial charge in [0.2, 0.25) is 5.91 Å². The lowest BCUT2D eigenvalue weighted by Gasteiger charge is -2.16. The number of nitrogens with two attached hydrogens (primary N) is 1. The molecule has 1 fully saturated rings. The van der Waals surface area contributed by atoms with Crippen molar-refractivity contribution in [3.63, 3.8) is 0 Å². The van der Waals surface area contributed by atoms with Crippen molar-refractivity contribution in [2.75, 3.05) is 25.9 Å². The molecule has 1 saturated heterocycles. The van der Waals surface area contributed by atoms with Crippen molar-refractivity contribution < 1.29 is 14.3 Å². The number of nitrogens with zero attached hydrogens (tertiary/aromatic N) is 1. The van der Waals surface area contributed by atoms with Crippen LogP contribution in [0.2, 0.25) is 0 Å². The molecule has 1 amide bonds. The van der Waals surface area contributed by atoms with Crippen molar-refractivity contribution in [1.29, 1.82) is 0 Å². The second-order valence-corrected chi connectivity index (χ2v) is 5.33. The van der Waals surface area contributed by atoms with Gasteiger partial charge >= 0.3 is 5.97 Å². The van der Waals surface area contributed by atoms with Gasteiger partial charge in [-0.3, -0.25) is 9.59 Å². The number of hydrogen-bond donors (Lipinski definition) is 1. The number of esters is 1. The third kappa shape index (κ3) is 3.10. The Hall–Kier alpha value is -2.04. The maximum atomic E-state index is 12.3. The molecule has 108 valence electrons. The highest BCUT2D eigenvalue weighted by molar-refractivity contribution is 5.81. The van der Waals surface area contributed by atoms with Crippen molar-refractivity contribution in [1.82, 2.24) is 4.90 Å². The molecule has 1 aliphatic heterocycles. The first-order chi connectivity index (χ1) is 9.51. The Bertz CT molecular complexity index is 516. The molecule has 1 heterocycles. The van der Waals surface area contributed by atoms with Crippen LogP contribution in [0.5, 0.6) is 0 Å². The summed E-state index contributed by atoms with van der Waals surface area (Å²) in [6, 6.07) is 7.31. The van der Waals surface area contributed by atoms with Gasteiger partial charge in [0.05, 0.1) is 19.4 Å². The van der Waals surface area contributed by atoms with E-state index in [0.29, 0.717) is 25.2 Å². The summed E-state index contributed by atoms with van der Waals surface area (Å²) in [5, 5.41) is 0. The molecule has 0 spiro atoms. The van der Waals surface area contributed by atoms with E-state index in [1.165, 1.54) is 7.11 Å². The highest BCUT2D eigenvalue weighted by atomic mass is 16.5. The van der Waals surface area contributed by atoms with Crippen LogP contribution in [0.15, 0.2) is 24.3 Å². The average molecular weight is 276 g/mol. The van der Waals surface area contributed by atoms with E-state index in [2.05, 4.69) is 0 Å². The Kier molecular flexibility index (Phi) is 4.27. The van der Waals surface area contributed by atoms with Gasteiger partial charge in [-0.15, -0.1) is 0 Å². The van der Waals surface area contributed by atoms with Gasteiger partial charge in [-0.1, -0.05) is 19.1 Å². The maximum Gasteiger partial charge on any atom is 0.310 e. The van der Waals surface area contributed by atoms with Gasteiger partial charge in [-0.2, -0.15) is 0 Å². The molecule has 0 saturated carbocycles. The van der Waals surface area contributed by atoms with Crippen LogP contribution in [-0.2, 0) is 20.7 Å². The summed E-state index contributed by atoms with van der Waals surface area (Å²) in [5.74, 6) is -0.303. The summed E-state index contributed by atoms with van der Waals surface area (Å²) < 4.78 is 4.77. The van der Waals surface area contributed by atoms with E-state index in [0.717, 1.165) is 5.56 Å². The smallest absolute Gasteiger partial charge is 0.310 e. The van der Waals surface area contributed by atoms with Crippen LogP contribution in [-0.4, -0.2) is 37.0 Å². The fraction of sp³-hybridized carbons (Fsp3) is 0.467. The van der Waals surface area contributed by atoms with Gasteiger partial charge in [0.25, 0.3) is 0 Å². The predicted octanol–water partition coefficient (Wildman–Crippen LogP) is 1.08. The van der Waals surface area contributed by atoms with Gasteiger partial charge in [0, 0.05) is 18.8 Å². The molecule has 2 atom stereocenters. The molecule has 1 aromatic rings. The Balaban J connectivity index is 1.99. The molecule has 0 radical (unpaired) electrons. The highest BCUT2D eigenvalue weighted by Gasteiger charge is 2.37. The van der Waals surface area contributed by atoms with E-state index in [1.54, 1.807) is 17.0 Å². The number of likely N-dealkylation sites (tertiary alicyclic amines) is 1. The molecule has 5 nitrogen and oxygen atoms in total. The number of hydrogen-bond acceptors (Lipinski definition) is 4. The zero-order valence-corrected chi connectivity index (χ0v) is 11.8. The molecule has 20 heavy (non-hydrogen) atoms. The minimum atomic E-state index is -0.239. The number of amides is 1. The van der Waals surface area contributed by atoms with E-state index in [1.807, 2.05) is 19.1 Å². The van der Waals surface area contributed by atoms with Gasteiger partial charge in [0.15, 0.2) is 0 Å². The Labute approximate surface area is 118 Å². The Morgan fingerprint density at radius 3 is 2.80 bits per heavy atom. The minimum absolute atomic E-state index is 0.0221. The maximum absolute atomic E-state index is 12.3. The van der Waals surface area contributed by atoms with Gasteiger partial charge in [-0.25, -0.2) is 0 Å². The third-order valence-corrected chi connectivity index (χ3v) is 3.78. The Morgan fingerprint density at radius 2 is 2.15 bits per heavy atom. The second-order valence-electron chi connectivity index (χ2n) is 5.33. The molecular formula is C15H20N2O3. The van der Waals surface area contributed by atoms with Gasteiger partial charge < -0.3 is 15.4 Å². The van der Waals surface area contributed by atoms with E-state index >= 15 is 0 Å². The van der Waals surface area contributed by atoms with Crippen molar-refractivity contribution >= 4 is 17.6 Å². The summed E-state index contributed by atoms with van der Waals surface area (Å²) in [6.07, 6.45) is 0.311. The summed E-state index contributed by atoms with van der Waals surface area (Å²) in [5.41, 5.74) is 7.25. The fourth-order valence-electron chi connectivity index (χ4n) is 2.62. The van der Waals surface area contributed by atoms with E-state index in [9.17, 15) is 9.59 Å². The number of ether oxygens (including phenoxy) is 1. The van der Waals surface area contributed by atoms with Crippen molar-refractivity contribution in [3.8, 4) is 0 Å². The summed E-state index contributed by atoms with van der Waals surface area (Å²) in [7, 11) is 1.38. The molecule has 0 aromatic heterocycles. The Morgan fingerprint density at radius 1 is 1.40 bits per heavy atom. The molecule has 0 bridgehead atoms. The molecular weight excluding hydrogens is 256 g/mol. The number of benzene rings is 1. The lowest BCUT2D eigenvalue weighted by atomic mass is 9.99. The highest BCUT2D eigenvalue weighted by Crippen LogP contribution is 2.24. The summed E-state index contributed by atoms with van der Waals surface area (Å²) in [6.45, 7) is 3.01. The fourth-order valence-corrected chi connectivity index (χ4v) is 2.62. The molecule has 5 heteroatoms. The summed E-state index contributed by atoms with van der Waals surface area (Å²) in [4.78, 5) is 25.6. The van der Waals surface area contributed by atoms with E-state index in [4.69, 9.17) is 10.5 Å². The number of carbonyl (C=O) groups excluding carboxylic acids is 2. The topological polar surface area (TPSA) is 72.6 Å². The van der Waals surface area contributed by atoms with Crippen LogP contribution in [0.25, 0.3) is 0 Å². The summed E-state index contributed by atoms with van der Waals surface area (Å²) >= 11 is 0. The predicted molar refractivity (Wildman–Crippen MR) is 75.8 cm³/mol. The lowest BCUT2D eigenvalue weighted by molar-refractivity contribution is -0.146. The molecule has 2 unspecified atom stereocenters. The zero-order valence-electron chi connectivity index (χ0n) is 11.8. The molecule has 0 aliphatic carbocycles.